The molecule has 182 valence electrons. The summed E-state index contributed by atoms with van der Waals surface area (Å²) in [5.74, 6) is 0.737. The van der Waals surface area contributed by atoms with Gasteiger partial charge in [0, 0.05) is 43.7 Å². The van der Waals surface area contributed by atoms with Gasteiger partial charge in [0.05, 0.1) is 19.1 Å². The van der Waals surface area contributed by atoms with Crippen molar-refractivity contribution in [2.45, 2.75) is 18.9 Å². The summed E-state index contributed by atoms with van der Waals surface area (Å²) in [6.45, 7) is 3.54. The number of nitrogens with zero attached hydrogens (tertiary/aromatic N) is 3. The number of hydrogen-bond donors (Lipinski definition) is 0. The van der Waals surface area contributed by atoms with E-state index in [1.165, 1.54) is 5.56 Å². The van der Waals surface area contributed by atoms with E-state index in [-0.39, 0.29) is 23.8 Å². The molecule has 2 unspecified atom stereocenters. The zero-order valence-electron chi connectivity index (χ0n) is 20.5. The number of amides is 2. The van der Waals surface area contributed by atoms with Gasteiger partial charge in [0.1, 0.15) is 5.75 Å². The van der Waals surface area contributed by atoms with Gasteiger partial charge < -0.3 is 19.4 Å². The van der Waals surface area contributed by atoms with E-state index in [4.69, 9.17) is 4.74 Å². The lowest BCUT2D eigenvalue weighted by atomic mass is 9.93. The van der Waals surface area contributed by atoms with Crippen molar-refractivity contribution in [2.75, 3.05) is 46.9 Å². The van der Waals surface area contributed by atoms with Crippen molar-refractivity contribution >= 4 is 22.6 Å². The SMILES string of the molecule is COc1ccc(C(=O)N2CCCC(C(=O)N3CCN(C)CC3c3ccccc3)C2)c2ccccc12. The summed E-state index contributed by atoms with van der Waals surface area (Å²) >= 11 is 0. The van der Waals surface area contributed by atoms with E-state index in [1.807, 2.05) is 59.5 Å². The first kappa shape index (κ1) is 23.4. The topological polar surface area (TPSA) is 53.1 Å². The second-order valence-electron chi connectivity index (χ2n) is 9.67. The minimum atomic E-state index is -0.174. The van der Waals surface area contributed by atoms with E-state index >= 15 is 0 Å². The summed E-state index contributed by atoms with van der Waals surface area (Å²) < 4.78 is 5.50. The molecule has 0 N–H and O–H groups in total. The number of methoxy groups -OCH3 is 1. The minimum Gasteiger partial charge on any atom is -0.496 e. The van der Waals surface area contributed by atoms with Crippen LogP contribution in [0.25, 0.3) is 10.8 Å². The van der Waals surface area contributed by atoms with Crippen molar-refractivity contribution in [3.8, 4) is 5.75 Å². The molecular weight excluding hydrogens is 438 g/mol. The quantitative estimate of drug-likeness (QED) is 0.572. The fourth-order valence-corrected chi connectivity index (χ4v) is 5.55. The number of fused-ring (bicyclic) bond motifs is 1. The number of piperidine rings is 1. The van der Waals surface area contributed by atoms with Gasteiger partial charge in [0.15, 0.2) is 0 Å². The van der Waals surface area contributed by atoms with Crippen LogP contribution in [-0.2, 0) is 4.79 Å². The van der Waals surface area contributed by atoms with Gasteiger partial charge in [-0.1, -0.05) is 54.6 Å². The predicted molar refractivity (Wildman–Crippen MR) is 138 cm³/mol. The Balaban J connectivity index is 1.37. The van der Waals surface area contributed by atoms with Crippen LogP contribution in [-0.4, -0.2) is 73.4 Å². The molecule has 0 bridgehead atoms. The van der Waals surface area contributed by atoms with Crippen LogP contribution >= 0.6 is 0 Å². The van der Waals surface area contributed by atoms with Crippen molar-refractivity contribution in [3.05, 3.63) is 77.9 Å². The van der Waals surface area contributed by atoms with Crippen LogP contribution in [0, 0.1) is 5.92 Å². The molecule has 2 amide bonds. The zero-order valence-corrected chi connectivity index (χ0v) is 20.5. The summed E-state index contributed by atoms with van der Waals surface area (Å²) in [7, 11) is 3.75. The predicted octanol–water partition coefficient (Wildman–Crippen LogP) is 4.22. The standard InChI is InChI=1S/C29H33N3O3/c1-30-17-18-32(26(20-30)21-9-4-3-5-10-21)28(33)22-11-8-16-31(19-22)29(34)25-14-15-27(35-2)24-13-7-6-12-23(24)25/h3-7,9-10,12-15,22,26H,8,11,16-20H2,1-2H3. The number of rotatable bonds is 4. The van der Waals surface area contributed by atoms with Crippen molar-refractivity contribution in [3.63, 3.8) is 0 Å². The maximum Gasteiger partial charge on any atom is 0.254 e. The third-order valence-corrected chi connectivity index (χ3v) is 7.44. The van der Waals surface area contributed by atoms with Gasteiger partial charge in [-0.25, -0.2) is 0 Å². The van der Waals surface area contributed by atoms with E-state index in [0.717, 1.165) is 42.5 Å². The molecule has 0 radical (unpaired) electrons. The van der Waals surface area contributed by atoms with Crippen molar-refractivity contribution in [1.29, 1.82) is 0 Å². The van der Waals surface area contributed by atoms with Crippen LogP contribution in [0.2, 0.25) is 0 Å². The first-order valence-corrected chi connectivity index (χ1v) is 12.5. The fraction of sp³-hybridized carbons (Fsp3) is 0.379. The second-order valence-corrected chi connectivity index (χ2v) is 9.67. The number of likely N-dealkylation sites (tertiary alicyclic amines) is 1. The first-order valence-electron chi connectivity index (χ1n) is 12.5. The van der Waals surface area contributed by atoms with E-state index in [2.05, 4.69) is 29.0 Å². The molecule has 6 heteroatoms. The Morgan fingerprint density at radius 3 is 2.37 bits per heavy atom. The smallest absolute Gasteiger partial charge is 0.254 e. The Morgan fingerprint density at radius 1 is 0.857 bits per heavy atom. The van der Waals surface area contributed by atoms with Crippen LogP contribution in [0.1, 0.15) is 34.8 Å². The van der Waals surface area contributed by atoms with Gasteiger partial charge in [0.25, 0.3) is 5.91 Å². The Bertz CT molecular complexity index is 1210. The highest BCUT2D eigenvalue weighted by Crippen LogP contribution is 2.32. The van der Waals surface area contributed by atoms with Crippen LogP contribution in [0.3, 0.4) is 0 Å². The minimum absolute atomic E-state index is 0.0145. The van der Waals surface area contributed by atoms with Crippen LogP contribution < -0.4 is 4.74 Å². The fourth-order valence-electron chi connectivity index (χ4n) is 5.55. The van der Waals surface area contributed by atoms with Crippen LogP contribution in [0.4, 0.5) is 0 Å². The number of carbonyl (C=O) groups excluding carboxylic acids is 2. The third kappa shape index (κ3) is 4.63. The van der Waals surface area contributed by atoms with Crippen molar-refractivity contribution in [1.82, 2.24) is 14.7 Å². The van der Waals surface area contributed by atoms with Crippen LogP contribution in [0.15, 0.2) is 66.7 Å². The molecule has 0 aromatic heterocycles. The van der Waals surface area contributed by atoms with Crippen LogP contribution in [0.5, 0.6) is 5.75 Å². The molecular formula is C29H33N3O3. The Hall–Kier alpha value is -3.38. The zero-order chi connectivity index (χ0) is 24.4. The maximum atomic E-state index is 13.8. The number of piperazine rings is 1. The van der Waals surface area contributed by atoms with Crippen molar-refractivity contribution < 1.29 is 14.3 Å². The van der Waals surface area contributed by atoms with E-state index < -0.39 is 0 Å². The molecule has 0 spiro atoms. The summed E-state index contributed by atoms with van der Waals surface area (Å²) in [4.78, 5) is 33.6. The normalized spacial score (nSPS) is 21.2. The summed E-state index contributed by atoms with van der Waals surface area (Å²) in [5.41, 5.74) is 1.83. The molecule has 2 saturated heterocycles. The summed E-state index contributed by atoms with van der Waals surface area (Å²) in [5, 5.41) is 1.81. The molecule has 3 aromatic carbocycles. The average Bonchev–Trinajstić information content (AvgIpc) is 2.92. The highest BCUT2D eigenvalue weighted by atomic mass is 16.5. The number of carbonyl (C=O) groups is 2. The van der Waals surface area contributed by atoms with Gasteiger partial charge in [-0.05, 0) is 43.0 Å². The summed E-state index contributed by atoms with van der Waals surface area (Å²) in [6.07, 6.45) is 1.65. The Labute approximate surface area is 207 Å². The largest absolute Gasteiger partial charge is 0.496 e. The lowest BCUT2D eigenvalue weighted by Crippen LogP contribution is -2.53. The molecule has 2 fully saturated rings. The highest BCUT2D eigenvalue weighted by Gasteiger charge is 2.37. The van der Waals surface area contributed by atoms with Gasteiger partial charge in [0.2, 0.25) is 5.91 Å². The molecule has 2 aliphatic rings. The second kappa shape index (κ2) is 10.1. The first-order chi connectivity index (χ1) is 17.1. The molecule has 5 rings (SSSR count). The molecule has 2 heterocycles. The average molecular weight is 472 g/mol. The number of likely N-dealkylation sites (N-methyl/N-ethyl adjacent to an activating group) is 1. The molecule has 35 heavy (non-hydrogen) atoms. The number of hydrogen-bond acceptors (Lipinski definition) is 4. The lowest BCUT2D eigenvalue weighted by Gasteiger charge is -2.43. The molecule has 6 nitrogen and oxygen atoms in total. The Morgan fingerprint density at radius 2 is 1.60 bits per heavy atom. The summed E-state index contributed by atoms with van der Waals surface area (Å²) in [6, 6.07) is 21.9. The highest BCUT2D eigenvalue weighted by molar-refractivity contribution is 6.08. The molecule has 3 aromatic rings. The lowest BCUT2D eigenvalue weighted by molar-refractivity contribution is -0.142. The number of ether oxygens (including phenoxy) is 1. The Kier molecular flexibility index (Phi) is 6.73. The molecule has 2 aliphatic heterocycles. The van der Waals surface area contributed by atoms with Gasteiger partial charge in [-0.15, -0.1) is 0 Å². The van der Waals surface area contributed by atoms with Gasteiger partial charge >= 0.3 is 0 Å². The van der Waals surface area contributed by atoms with E-state index in [0.29, 0.717) is 25.2 Å². The third-order valence-electron chi connectivity index (χ3n) is 7.44. The van der Waals surface area contributed by atoms with Crippen molar-refractivity contribution in [2.24, 2.45) is 5.92 Å². The molecule has 0 saturated carbocycles. The van der Waals surface area contributed by atoms with E-state index in [1.54, 1.807) is 7.11 Å². The molecule has 2 atom stereocenters. The number of benzene rings is 3. The van der Waals surface area contributed by atoms with Gasteiger partial charge in [-0.3, -0.25) is 9.59 Å². The van der Waals surface area contributed by atoms with E-state index in [9.17, 15) is 9.59 Å². The van der Waals surface area contributed by atoms with Gasteiger partial charge in [-0.2, -0.15) is 0 Å². The molecule has 0 aliphatic carbocycles. The monoisotopic (exact) mass is 471 g/mol. The maximum absolute atomic E-state index is 13.8.